The highest BCUT2D eigenvalue weighted by Crippen LogP contribution is 2.25. The molecule has 11 heteroatoms. The lowest BCUT2D eigenvalue weighted by atomic mass is 9.99. The molecule has 1 aliphatic rings. The van der Waals surface area contributed by atoms with Crippen molar-refractivity contribution in [2.45, 2.75) is 35.6 Å². The van der Waals surface area contributed by atoms with Crippen LogP contribution in [0.3, 0.4) is 0 Å². The Bertz CT molecular complexity index is 674. The van der Waals surface area contributed by atoms with E-state index in [0.29, 0.717) is 0 Å². The average Bonchev–Trinajstić information content (AvgIpc) is 2.47. The van der Waals surface area contributed by atoms with E-state index in [4.69, 9.17) is 19.7 Å². The fourth-order valence-electron chi connectivity index (χ4n) is 1.99. The molecule has 1 aromatic rings. The van der Waals surface area contributed by atoms with Crippen molar-refractivity contribution >= 4 is 16.0 Å². The van der Waals surface area contributed by atoms with Crippen molar-refractivity contribution in [1.82, 2.24) is 0 Å². The zero-order valence-electron chi connectivity index (χ0n) is 11.5. The Morgan fingerprint density at radius 3 is 2.13 bits per heavy atom. The zero-order valence-corrected chi connectivity index (χ0v) is 12.3. The summed E-state index contributed by atoms with van der Waals surface area (Å²) in [6.45, 7) is 0. The van der Waals surface area contributed by atoms with E-state index in [1.165, 1.54) is 12.1 Å². The quantitative estimate of drug-likeness (QED) is 0.396. The summed E-state index contributed by atoms with van der Waals surface area (Å²) in [5, 5.41) is 42.8. The summed E-state index contributed by atoms with van der Waals surface area (Å²) in [7, 11) is -3.89. The lowest BCUT2D eigenvalue weighted by molar-refractivity contribution is -0.271. The molecule has 1 aromatic carbocycles. The first-order valence-corrected chi connectivity index (χ1v) is 7.88. The van der Waals surface area contributed by atoms with Crippen molar-refractivity contribution in [2.75, 3.05) is 0 Å². The molecule has 0 radical (unpaired) electrons. The fraction of sp³-hybridized carbons (Fsp3) is 0.417. The standard InChI is InChI=1S/C12H15NO9S/c13-23(19,20)6-3-1-5(2-4-6)21-12-9(16)7(14)8(15)10(22-12)11(17)18/h1-4,7-10,12,14-16H,(H,17,18)(H2,13,19,20). The number of ether oxygens (including phenoxy) is 2. The molecule has 6 N–H and O–H groups in total. The van der Waals surface area contributed by atoms with Gasteiger partial charge < -0.3 is 29.9 Å². The first kappa shape index (κ1) is 17.6. The average molecular weight is 349 g/mol. The highest BCUT2D eigenvalue weighted by atomic mass is 32.2. The molecule has 1 heterocycles. The molecule has 5 atom stereocenters. The van der Waals surface area contributed by atoms with Crippen LogP contribution in [0.25, 0.3) is 0 Å². The van der Waals surface area contributed by atoms with E-state index in [2.05, 4.69) is 0 Å². The van der Waals surface area contributed by atoms with E-state index < -0.39 is 46.7 Å². The summed E-state index contributed by atoms with van der Waals surface area (Å²) in [6, 6.07) is 4.70. The summed E-state index contributed by atoms with van der Waals surface area (Å²) in [6.07, 6.45) is -8.69. The number of carboxylic acid groups (broad SMARTS) is 1. The molecule has 0 aromatic heterocycles. The first-order valence-electron chi connectivity index (χ1n) is 6.33. The Hall–Kier alpha value is -1.76. The Labute approximate surface area is 130 Å². The SMILES string of the molecule is NS(=O)(=O)c1ccc(OC2OC(C(=O)O)C(O)C(O)C2O)cc1. The molecular weight excluding hydrogens is 334 g/mol. The Kier molecular flexibility index (Phi) is 4.89. The van der Waals surface area contributed by atoms with Crippen LogP contribution < -0.4 is 9.88 Å². The normalized spacial score (nSPS) is 31.6. The second kappa shape index (κ2) is 6.39. The lowest BCUT2D eigenvalue weighted by Crippen LogP contribution is -2.61. The number of primary sulfonamides is 1. The molecule has 1 fully saturated rings. The van der Waals surface area contributed by atoms with Crippen LogP contribution in [-0.2, 0) is 19.6 Å². The number of hydrogen-bond acceptors (Lipinski definition) is 8. The zero-order chi connectivity index (χ0) is 17.4. The first-order chi connectivity index (χ1) is 10.6. The number of hydrogen-bond donors (Lipinski definition) is 5. The number of aliphatic carboxylic acids is 1. The summed E-state index contributed by atoms with van der Waals surface area (Å²) >= 11 is 0. The van der Waals surface area contributed by atoms with E-state index >= 15 is 0 Å². The molecule has 0 spiro atoms. The van der Waals surface area contributed by atoms with E-state index in [-0.39, 0.29) is 10.6 Å². The molecule has 0 aliphatic carbocycles. The van der Waals surface area contributed by atoms with Gasteiger partial charge in [-0.3, -0.25) is 0 Å². The summed E-state index contributed by atoms with van der Waals surface area (Å²) in [4.78, 5) is 10.8. The second-order valence-electron chi connectivity index (χ2n) is 4.87. The van der Waals surface area contributed by atoms with Gasteiger partial charge in [-0.05, 0) is 24.3 Å². The van der Waals surface area contributed by atoms with Gasteiger partial charge in [-0.15, -0.1) is 0 Å². The minimum Gasteiger partial charge on any atom is -0.479 e. The molecule has 0 amide bonds. The van der Waals surface area contributed by atoms with Crippen molar-refractivity contribution in [3.8, 4) is 5.75 Å². The van der Waals surface area contributed by atoms with E-state index in [9.17, 15) is 28.5 Å². The van der Waals surface area contributed by atoms with Crippen LogP contribution >= 0.6 is 0 Å². The van der Waals surface area contributed by atoms with Gasteiger partial charge in [0.05, 0.1) is 4.90 Å². The number of nitrogens with two attached hydrogens (primary N) is 1. The fourth-order valence-corrected chi connectivity index (χ4v) is 2.51. The van der Waals surface area contributed by atoms with Gasteiger partial charge in [0.2, 0.25) is 16.3 Å². The topological polar surface area (TPSA) is 177 Å². The molecule has 0 bridgehead atoms. The predicted octanol–water partition coefficient (Wildman–Crippen LogP) is -2.39. The number of aliphatic hydroxyl groups excluding tert-OH is 3. The minimum absolute atomic E-state index is 0.0363. The van der Waals surface area contributed by atoms with Crippen LogP contribution in [0.2, 0.25) is 0 Å². The van der Waals surface area contributed by atoms with E-state index in [1.807, 2.05) is 0 Å². The van der Waals surface area contributed by atoms with Crippen LogP contribution in [0, 0.1) is 0 Å². The van der Waals surface area contributed by atoms with Gasteiger partial charge in [-0.2, -0.15) is 0 Å². The van der Waals surface area contributed by atoms with Gasteiger partial charge in [0.15, 0.2) is 6.10 Å². The second-order valence-corrected chi connectivity index (χ2v) is 6.43. The molecule has 0 saturated carbocycles. The van der Waals surface area contributed by atoms with Gasteiger partial charge >= 0.3 is 5.97 Å². The molecule has 2 rings (SSSR count). The van der Waals surface area contributed by atoms with Crippen molar-refractivity contribution in [2.24, 2.45) is 5.14 Å². The van der Waals surface area contributed by atoms with Gasteiger partial charge in [-0.1, -0.05) is 0 Å². The molecule has 5 unspecified atom stereocenters. The smallest absolute Gasteiger partial charge is 0.335 e. The highest BCUT2D eigenvalue weighted by Gasteiger charge is 2.48. The molecule has 10 nitrogen and oxygen atoms in total. The summed E-state index contributed by atoms with van der Waals surface area (Å²) in [5.74, 6) is -1.50. The van der Waals surface area contributed by atoms with Gasteiger partial charge in [-0.25, -0.2) is 18.4 Å². The number of sulfonamides is 1. The Morgan fingerprint density at radius 1 is 1.09 bits per heavy atom. The lowest BCUT2D eigenvalue weighted by Gasteiger charge is -2.38. The van der Waals surface area contributed by atoms with Crippen molar-refractivity contribution in [3.05, 3.63) is 24.3 Å². The summed E-state index contributed by atoms with van der Waals surface area (Å²) < 4.78 is 32.4. The van der Waals surface area contributed by atoms with Crippen LogP contribution in [0.15, 0.2) is 29.2 Å². The highest BCUT2D eigenvalue weighted by molar-refractivity contribution is 7.89. The van der Waals surface area contributed by atoms with Crippen molar-refractivity contribution in [1.29, 1.82) is 0 Å². The van der Waals surface area contributed by atoms with Crippen LogP contribution in [0.5, 0.6) is 5.75 Å². The number of aliphatic hydroxyl groups is 3. The largest absolute Gasteiger partial charge is 0.479 e. The molecule has 23 heavy (non-hydrogen) atoms. The third-order valence-electron chi connectivity index (χ3n) is 3.22. The van der Waals surface area contributed by atoms with Crippen LogP contribution in [0.4, 0.5) is 0 Å². The Morgan fingerprint density at radius 2 is 1.65 bits per heavy atom. The van der Waals surface area contributed by atoms with E-state index in [0.717, 1.165) is 12.1 Å². The summed E-state index contributed by atoms with van der Waals surface area (Å²) in [5.41, 5.74) is 0. The van der Waals surface area contributed by atoms with Crippen LogP contribution in [0.1, 0.15) is 0 Å². The minimum atomic E-state index is -3.89. The van der Waals surface area contributed by atoms with Crippen molar-refractivity contribution in [3.63, 3.8) is 0 Å². The monoisotopic (exact) mass is 349 g/mol. The number of rotatable bonds is 4. The maximum atomic E-state index is 11.1. The maximum Gasteiger partial charge on any atom is 0.335 e. The number of carboxylic acids is 1. The molecule has 128 valence electrons. The number of benzene rings is 1. The number of carbonyl (C=O) groups is 1. The van der Waals surface area contributed by atoms with Crippen LogP contribution in [-0.4, -0.2) is 65.5 Å². The third-order valence-corrected chi connectivity index (χ3v) is 4.15. The molecule has 1 aliphatic heterocycles. The maximum absolute atomic E-state index is 11.1. The van der Waals surface area contributed by atoms with Gasteiger partial charge in [0, 0.05) is 0 Å². The van der Waals surface area contributed by atoms with Gasteiger partial charge in [0.25, 0.3) is 0 Å². The molecular formula is C12H15NO9S. The third kappa shape index (κ3) is 3.77. The Balaban J connectivity index is 2.16. The van der Waals surface area contributed by atoms with E-state index in [1.54, 1.807) is 0 Å². The molecule has 1 saturated heterocycles. The van der Waals surface area contributed by atoms with Crippen molar-refractivity contribution < 1.29 is 43.1 Å². The predicted molar refractivity (Wildman–Crippen MR) is 72.8 cm³/mol. The van der Waals surface area contributed by atoms with Gasteiger partial charge in [0.1, 0.15) is 24.1 Å².